The highest BCUT2D eigenvalue weighted by atomic mass is 16.5. The largest absolute Gasteiger partial charge is 0.493 e. The molecule has 0 aliphatic rings. The van der Waals surface area contributed by atoms with Gasteiger partial charge in [0.15, 0.2) is 17.3 Å². The summed E-state index contributed by atoms with van der Waals surface area (Å²) >= 11 is 0. The van der Waals surface area contributed by atoms with E-state index in [2.05, 4.69) is 10.3 Å². The Balaban J connectivity index is 2.33. The van der Waals surface area contributed by atoms with Gasteiger partial charge in [-0.3, -0.25) is 0 Å². The van der Waals surface area contributed by atoms with Crippen LogP contribution in [0.3, 0.4) is 0 Å². The van der Waals surface area contributed by atoms with Gasteiger partial charge in [-0.1, -0.05) is 13.0 Å². The molecule has 2 rings (SSSR count). The zero-order chi connectivity index (χ0) is 13.7. The molecule has 0 bridgehead atoms. The molecular formula is C14H18N2O3. The second-order valence-electron chi connectivity index (χ2n) is 3.94. The number of rotatable bonds is 6. The first-order valence-corrected chi connectivity index (χ1v) is 6.17. The normalized spacial score (nSPS) is 10.5. The number of hydrogen-bond acceptors (Lipinski definition) is 5. The Morgan fingerprint density at radius 2 is 2.11 bits per heavy atom. The summed E-state index contributed by atoms with van der Waals surface area (Å²) in [5.41, 5.74) is 0.831. The monoisotopic (exact) mass is 262 g/mol. The van der Waals surface area contributed by atoms with Gasteiger partial charge in [0.1, 0.15) is 0 Å². The molecule has 1 N–H and O–H groups in total. The topological polar surface area (TPSA) is 56.5 Å². The lowest BCUT2D eigenvalue weighted by Crippen LogP contribution is -2.11. The fourth-order valence-electron chi connectivity index (χ4n) is 1.83. The Kier molecular flexibility index (Phi) is 4.41. The lowest BCUT2D eigenvalue weighted by molar-refractivity contribution is 0.355. The van der Waals surface area contributed by atoms with Crippen molar-refractivity contribution in [3.05, 3.63) is 30.3 Å². The smallest absolute Gasteiger partial charge is 0.208 e. The molecule has 1 heterocycles. The SMILES string of the molecule is CCNCc1ncc(-c2cccc(OC)c2OC)o1. The number of nitrogens with zero attached hydrogens (tertiary/aromatic N) is 1. The summed E-state index contributed by atoms with van der Waals surface area (Å²) in [6, 6.07) is 5.65. The highest BCUT2D eigenvalue weighted by Crippen LogP contribution is 2.37. The summed E-state index contributed by atoms with van der Waals surface area (Å²) in [7, 11) is 3.22. The van der Waals surface area contributed by atoms with E-state index in [4.69, 9.17) is 13.9 Å². The van der Waals surface area contributed by atoms with Crippen LogP contribution in [0.1, 0.15) is 12.8 Å². The predicted octanol–water partition coefficient (Wildman–Crippen LogP) is 2.47. The molecule has 0 atom stereocenters. The first-order chi connectivity index (χ1) is 9.30. The molecule has 102 valence electrons. The van der Waals surface area contributed by atoms with Crippen LogP contribution in [0.2, 0.25) is 0 Å². The molecule has 1 aromatic heterocycles. The molecule has 19 heavy (non-hydrogen) atoms. The van der Waals surface area contributed by atoms with Crippen molar-refractivity contribution in [1.29, 1.82) is 0 Å². The molecule has 0 unspecified atom stereocenters. The van der Waals surface area contributed by atoms with Crippen molar-refractivity contribution in [3.63, 3.8) is 0 Å². The van der Waals surface area contributed by atoms with Crippen LogP contribution >= 0.6 is 0 Å². The van der Waals surface area contributed by atoms with Crippen molar-refractivity contribution in [3.8, 4) is 22.8 Å². The standard InChI is InChI=1S/C14H18N2O3/c1-4-15-9-13-16-8-12(19-13)10-6-5-7-11(17-2)14(10)18-3/h5-8,15H,4,9H2,1-3H3. The molecule has 0 saturated heterocycles. The number of methoxy groups -OCH3 is 2. The maximum Gasteiger partial charge on any atom is 0.208 e. The van der Waals surface area contributed by atoms with Gasteiger partial charge in [0.25, 0.3) is 0 Å². The Labute approximate surface area is 112 Å². The van der Waals surface area contributed by atoms with E-state index in [1.807, 2.05) is 25.1 Å². The highest BCUT2D eigenvalue weighted by molar-refractivity contribution is 5.69. The van der Waals surface area contributed by atoms with Gasteiger partial charge >= 0.3 is 0 Å². The molecule has 2 aromatic rings. The summed E-state index contributed by atoms with van der Waals surface area (Å²) in [5.74, 6) is 2.64. The third-order valence-electron chi connectivity index (χ3n) is 2.75. The third kappa shape index (κ3) is 2.88. The Hall–Kier alpha value is -2.01. The van der Waals surface area contributed by atoms with E-state index < -0.39 is 0 Å². The van der Waals surface area contributed by atoms with Crippen molar-refractivity contribution in [1.82, 2.24) is 10.3 Å². The van der Waals surface area contributed by atoms with E-state index in [1.54, 1.807) is 20.4 Å². The first kappa shape index (κ1) is 13.4. The van der Waals surface area contributed by atoms with Gasteiger partial charge in [-0.2, -0.15) is 0 Å². The second kappa shape index (κ2) is 6.24. The quantitative estimate of drug-likeness (QED) is 0.866. The first-order valence-electron chi connectivity index (χ1n) is 6.17. The van der Waals surface area contributed by atoms with Crippen molar-refractivity contribution in [2.75, 3.05) is 20.8 Å². The minimum absolute atomic E-state index is 0.614. The lowest BCUT2D eigenvalue weighted by atomic mass is 10.1. The molecular weight excluding hydrogens is 244 g/mol. The van der Waals surface area contributed by atoms with E-state index in [1.165, 1.54) is 0 Å². The van der Waals surface area contributed by atoms with Gasteiger partial charge in [0.05, 0.1) is 32.5 Å². The van der Waals surface area contributed by atoms with Gasteiger partial charge in [-0.05, 0) is 18.7 Å². The van der Waals surface area contributed by atoms with Crippen LogP contribution in [0.5, 0.6) is 11.5 Å². The molecule has 5 nitrogen and oxygen atoms in total. The van der Waals surface area contributed by atoms with Gasteiger partial charge < -0.3 is 19.2 Å². The maximum absolute atomic E-state index is 5.70. The molecule has 0 aliphatic carbocycles. The van der Waals surface area contributed by atoms with Crippen LogP contribution in [0.15, 0.2) is 28.8 Å². The molecule has 0 spiro atoms. The average molecular weight is 262 g/mol. The van der Waals surface area contributed by atoms with Gasteiger partial charge in [0, 0.05) is 0 Å². The summed E-state index contributed by atoms with van der Waals surface area (Å²) in [6.07, 6.45) is 1.70. The van der Waals surface area contributed by atoms with Crippen LogP contribution in [0, 0.1) is 0 Å². The molecule has 0 fully saturated rings. The Bertz CT molecular complexity index is 537. The fourth-order valence-corrected chi connectivity index (χ4v) is 1.83. The lowest BCUT2D eigenvalue weighted by Gasteiger charge is -2.10. The predicted molar refractivity (Wildman–Crippen MR) is 72.4 cm³/mol. The van der Waals surface area contributed by atoms with Crippen molar-refractivity contribution in [2.45, 2.75) is 13.5 Å². The summed E-state index contributed by atoms with van der Waals surface area (Å²) in [6.45, 7) is 3.53. The van der Waals surface area contributed by atoms with Crippen LogP contribution in [0.4, 0.5) is 0 Å². The molecule has 0 radical (unpaired) electrons. The number of benzene rings is 1. The third-order valence-corrected chi connectivity index (χ3v) is 2.75. The zero-order valence-corrected chi connectivity index (χ0v) is 11.4. The molecule has 1 aromatic carbocycles. The summed E-state index contributed by atoms with van der Waals surface area (Å²) in [4.78, 5) is 4.24. The highest BCUT2D eigenvalue weighted by Gasteiger charge is 2.15. The molecule has 5 heteroatoms. The van der Waals surface area contributed by atoms with Gasteiger partial charge in [0.2, 0.25) is 5.89 Å². The number of nitrogens with one attached hydrogen (secondary N) is 1. The van der Waals surface area contributed by atoms with Crippen molar-refractivity contribution >= 4 is 0 Å². The van der Waals surface area contributed by atoms with E-state index in [0.717, 1.165) is 12.1 Å². The fraction of sp³-hybridized carbons (Fsp3) is 0.357. The van der Waals surface area contributed by atoms with E-state index in [9.17, 15) is 0 Å². The average Bonchev–Trinajstić information content (AvgIpc) is 2.92. The summed E-state index contributed by atoms with van der Waals surface area (Å²) in [5, 5.41) is 3.17. The van der Waals surface area contributed by atoms with E-state index >= 15 is 0 Å². The molecule has 0 saturated carbocycles. The number of oxazole rings is 1. The minimum atomic E-state index is 0.614. The van der Waals surface area contributed by atoms with Gasteiger partial charge in [-0.25, -0.2) is 4.98 Å². The van der Waals surface area contributed by atoms with Gasteiger partial charge in [-0.15, -0.1) is 0 Å². The van der Waals surface area contributed by atoms with Crippen LogP contribution in [0.25, 0.3) is 11.3 Å². The molecule has 0 amide bonds. The maximum atomic E-state index is 5.70. The van der Waals surface area contributed by atoms with E-state index in [-0.39, 0.29) is 0 Å². The molecule has 0 aliphatic heterocycles. The Morgan fingerprint density at radius 1 is 1.26 bits per heavy atom. The minimum Gasteiger partial charge on any atom is -0.493 e. The van der Waals surface area contributed by atoms with Crippen LogP contribution in [-0.4, -0.2) is 25.7 Å². The number of ether oxygens (including phenoxy) is 2. The van der Waals surface area contributed by atoms with Crippen molar-refractivity contribution in [2.24, 2.45) is 0 Å². The Morgan fingerprint density at radius 3 is 2.79 bits per heavy atom. The van der Waals surface area contributed by atoms with Crippen molar-refractivity contribution < 1.29 is 13.9 Å². The van der Waals surface area contributed by atoms with Crippen LogP contribution in [-0.2, 0) is 6.54 Å². The van der Waals surface area contributed by atoms with Crippen LogP contribution < -0.4 is 14.8 Å². The van der Waals surface area contributed by atoms with E-state index in [0.29, 0.717) is 29.7 Å². The number of aromatic nitrogens is 1. The zero-order valence-electron chi connectivity index (χ0n) is 11.4. The number of para-hydroxylation sites is 1. The number of hydrogen-bond donors (Lipinski definition) is 1. The summed E-state index contributed by atoms with van der Waals surface area (Å²) < 4.78 is 16.4. The second-order valence-corrected chi connectivity index (χ2v) is 3.94.